The van der Waals surface area contributed by atoms with Gasteiger partial charge < -0.3 is 0 Å². The molecule has 0 aliphatic rings. The summed E-state index contributed by atoms with van der Waals surface area (Å²) in [5.41, 5.74) is 1.59. The van der Waals surface area contributed by atoms with Gasteiger partial charge in [-0.15, -0.1) is 12.3 Å². The topological polar surface area (TPSA) is 34.9 Å². The van der Waals surface area contributed by atoms with Gasteiger partial charge in [0.05, 0.1) is 5.69 Å². The zero-order valence-corrected chi connectivity index (χ0v) is 9.29. The lowest BCUT2D eigenvalue weighted by molar-refractivity contribution is 0.0970. The second-order valence-electron chi connectivity index (χ2n) is 3.47. The van der Waals surface area contributed by atoms with Crippen LogP contribution in [0.4, 0.5) is 0 Å². The summed E-state index contributed by atoms with van der Waals surface area (Å²) in [6.45, 7) is 4.60. The summed E-state index contributed by atoms with van der Waals surface area (Å²) in [6, 6.07) is 1.84. The molecule has 0 aliphatic carbocycles. The van der Waals surface area contributed by atoms with Gasteiger partial charge in [0.25, 0.3) is 0 Å². The van der Waals surface area contributed by atoms with Crippen LogP contribution in [-0.2, 0) is 6.54 Å². The summed E-state index contributed by atoms with van der Waals surface area (Å²) in [5, 5.41) is 4.23. The van der Waals surface area contributed by atoms with E-state index in [1.165, 1.54) is 0 Å². The maximum Gasteiger partial charge on any atom is 0.180 e. The fourth-order valence-corrected chi connectivity index (χ4v) is 1.49. The van der Waals surface area contributed by atoms with Gasteiger partial charge in [-0.1, -0.05) is 0 Å². The maximum absolute atomic E-state index is 11.8. The van der Waals surface area contributed by atoms with Crippen LogP contribution in [0, 0.1) is 19.3 Å². The second-order valence-corrected chi connectivity index (χ2v) is 3.47. The third-order valence-corrected chi connectivity index (χ3v) is 2.21. The summed E-state index contributed by atoms with van der Waals surface area (Å²) in [4.78, 5) is 11.8. The van der Waals surface area contributed by atoms with Crippen LogP contribution >= 0.6 is 0 Å². The number of carbonyl (C=O) groups excluding carboxylic acids is 1. The van der Waals surface area contributed by atoms with Crippen LogP contribution in [0.25, 0.3) is 0 Å². The highest BCUT2D eigenvalue weighted by Gasteiger charge is 2.11. The first kappa shape index (κ1) is 11.5. The predicted molar refractivity (Wildman–Crippen MR) is 59.7 cm³/mol. The monoisotopic (exact) mass is 204 g/mol. The van der Waals surface area contributed by atoms with Gasteiger partial charge in [-0.05, 0) is 26.3 Å². The number of hydrogen-bond acceptors (Lipinski definition) is 2. The molecule has 0 amide bonds. The SMILES string of the molecule is C#CCCCC(=O)c1cc(C)nn1CC. The molecule has 0 aromatic carbocycles. The van der Waals surface area contributed by atoms with E-state index in [-0.39, 0.29) is 5.78 Å². The van der Waals surface area contributed by atoms with Crippen molar-refractivity contribution >= 4 is 5.78 Å². The Hall–Kier alpha value is -1.56. The number of rotatable bonds is 5. The fourth-order valence-electron chi connectivity index (χ4n) is 1.49. The number of aryl methyl sites for hydroxylation is 2. The number of nitrogens with zero attached hydrogens (tertiary/aromatic N) is 2. The molecule has 0 bridgehead atoms. The predicted octanol–water partition coefficient (Wildman–Crippen LogP) is 2.20. The molecule has 3 nitrogen and oxygen atoms in total. The number of ketones is 1. The lowest BCUT2D eigenvalue weighted by Gasteiger charge is -2.02. The van der Waals surface area contributed by atoms with Crippen molar-refractivity contribution in [1.29, 1.82) is 0 Å². The molecule has 1 aromatic rings. The Morgan fingerprint density at radius 2 is 2.40 bits per heavy atom. The van der Waals surface area contributed by atoms with Crippen LogP contribution in [0.15, 0.2) is 6.07 Å². The van der Waals surface area contributed by atoms with E-state index in [9.17, 15) is 4.79 Å². The van der Waals surface area contributed by atoms with Crippen molar-refractivity contribution in [3.05, 3.63) is 17.5 Å². The molecule has 1 heterocycles. The Kier molecular flexibility index (Phi) is 4.11. The molecule has 0 atom stereocenters. The van der Waals surface area contributed by atoms with Crippen molar-refractivity contribution < 1.29 is 4.79 Å². The standard InChI is InChI=1S/C12H16N2O/c1-4-6-7-8-12(15)11-9-10(3)13-14(11)5-2/h1,9H,5-8H2,2-3H3. The molecule has 0 saturated heterocycles. The Balaban J connectivity index is 2.69. The Labute approximate surface area is 90.5 Å². The number of carbonyl (C=O) groups is 1. The molecule has 0 saturated carbocycles. The first-order chi connectivity index (χ1) is 7.19. The highest BCUT2D eigenvalue weighted by molar-refractivity contribution is 5.94. The maximum atomic E-state index is 11.8. The molecule has 15 heavy (non-hydrogen) atoms. The van der Waals surface area contributed by atoms with E-state index < -0.39 is 0 Å². The third-order valence-electron chi connectivity index (χ3n) is 2.21. The largest absolute Gasteiger partial charge is 0.292 e. The quantitative estimate of drug-likeness (QED) is 0.418. The first-order valence-electron chi connectivity index (χ1n) is 5.20. The molecule has 1 rings (SSSR count). The Morgan fingerprint density at radius 3 is 3.00 bits per heavy atom. The highest BCUT2D eigenvalue weighted by Crippen LogP contribution is 2.09. The first-order valence-corrected chi connectivity index (χ1v) is 5.20. The van der Waals surface area contributed by atoms with Crippen molar-refractivity contribution in [1.82, 2.24) is 9.78 Å². The van der Waals surface area contributed by atoms with Crippen molar-refractivity contribution in [2.45, 2.75) is 39.7 Å². The van der Waals surface area contributed by atoms with Crippen LogP contribution in [0.1, 0.15) is 42.4 Å². The van der Waals surface area contributed by atoms with E-state index in [1.54, 1.807) is 4.68 Å². The van der Waals surface area contributed by atoms with Gasteiger partial charge in [-0.3, -0.25) is 9.48 Å². The van der Waals surface area contributed by atoms with Crippen LogP contribution in [-0.4, -0.2) is 15.6 Å². The fraction of sp³-hybridized carbons (Fsp3) is 0.500. The molecular formula is C12H16N2O. The number of hydrogen-bond donors (Lipinski definition) is 0. The number of Topliss-reactive ketones (excluding diaryl/α,β-unsaturated/α-hetero) is 1. The Bertz CT molecular complexity index is 385. The summed E-state index contributed by atoms with van der Waals surface area (Å²) in [6.07, 6.45) is 7.05. The van der Waals surface area contributed by atoms with Crippen LogP contribution in [0.2, 0.25) is 0 Å². The minimum Gasteiger partial charge on any atom is -0.292 e. The number of unbranched alkanes of at least 4 members (excludes halogenated alkanes) is 1. The summed E-state index contributed by atoms with van der Waals surface area (Å²) >= 11 is 0. The van der Waals surface area contributed by atoms with E-state index in [2.05, 4.69) is 11.0 Å². The van der Waals surface area contributed by atoms with E-state index in [4.69, 9.17) is 6.42 Å². The molecule has 0 spiro atoms. The minimum atomic E-state index is 0.132. The van der Waals surface area contributed by atoms with E-state index in [1.807, 2.05) is 19.9 Å². The van der Waals surface area contributed by atoms with Crippen LogP contribution in [0.5, 0.6) is 0 Å². The van der Waals surface area contributed by atoms with E-state index >= 15 is 0 Å². The van der Waals surface area contributed by atoms with Crippen molar-refractivity contribution in [3.8, 4) is 12.3 Å². The lowest BCUT2D eigenvalue weighted by Crippen LogP contribution is -2.09. The van der Waals surface area contributed by atoms with Crippen LogP contribution < -0.4 is 0 Å². The summed E-state index contributed by atoms with van der Waals surface area (Å²) in [5.74, 6) is 2.67. The van der Waals surface area contributed by atoms with E-state index in [0.29, 0.717) is 18.5 Å². The van der Waals surface area contributed by atoms with Crippen molar-refractivity contribution in [2.24, 2.45) is 0 Å². The van der Waals surface area contributed by atoms with Gasteiger partial charge in [-0.2, -0.15) is 5.10 Å². The lowest BCUT2D eigenvalue weighted by atomic mass is 10.1. The van der Waals surface area contributed by atoms with Crippen molar-refractivity contribution in [2.75, 3.05) is 0 Å². The van der Waals surface area contributed by atoms with Crippen LogP contribution in [0.3, 0.4) is 0 Å². The molecule has 0 aliphatic heterocycles. The Morgan fingerprint density at radius 1 is 1.67 bits per heavy atom. The normalized spacial score (nSPS) is 9.93. The van der Waals surface area contributed by atoms with Gasteiger partial charge in [-0.25, -0.2) is 0 Å². The zero-order chi connectivity index (χ0) is 11.3. The molecule has 0 radical (unpaired) electrons. The molecule has 80 valence electrons. The van der Waals surface area contributed by atoms with Gasteiger partial charge in [0.15, 0.2) is 5.78 Å². The molecule has 3 heteroatoms. The molecular weight excluding hydrogens is 188 g/mol. The molecule has 0 N–H and O–H groups in total. The average molecular weight is 204 g/mol. The number of terminal acetylenes is 1. The van der Waals surface area contributed by atoms with Gasteiger partial charge in [0.2, 0.25) is 0 Å². The van der Waals surface area contributed by atoms with Gasteiger partial charge in [0, 0.05) is 19.4 Å². The van der Waals surface area contributed by atoms with Gasteiger partial charge in [0.1, 0.15) is 5.69 Å². The number of aromatic nitrogens is 2. The van der Waals surface area contributed by atoms with Gasteiger partial charge >= 0.3 is 0 Å². The average Bonchev–Trinajstić information content (AvgIpc) is 2.60. The zero-order valence-electron chi connectivity index (χ0n) is 9.29. The minimum absolute atomic E-state index is 0.132. The smallest absolute Gasteiger partial charge is 0.180 e. The third kappa shape index (κ3) is 2.95. The summed E-state index contributed by atoms with van der Waals surface area (Å²) in [7, 11) is 0. The molecule has 0 unspecified atom stereocenters. The highest BCUT2D eigenvalue weighted by atomic mass is 16.1. The van der Waals surface area contributed by atoms with Crippen molar-refractivity contribution in [3.63, 3.8) is 0 Å². The second kappa shape index (κ2) is 5.35. The molecule has 1 aromatic heterocycles. The van der Waals surface area contributed by atoms with E-state index in [0.717, 1.165) is 18.7 Å². The molecule has 0 fully saturated rings. The summed E-state index contributed by atoms with van der Waals surface area (Å²) < 4.78 is 1.74.